The molecular weight excluding hydrogens is 378 g/mol. The molecule has 0 fully saturated rings. The Bertz CT molecular complexity index is 1090. The first-order valence-corrected chi connectivity index (χ1v) is 9.42. The van der Waals surface area contributed by atoms with Crippen LogP contribution in [0, 0.1) is 18.6 Å². The molecule has 0 aliphatic heterocycles. The standard InChI is InChI=1S/C22H22F2N2O3/c1-3-4-8-25-21(28)11-16-13(2)26(19-12-18(24)20(27)10-17(16)19)22(29)14-6-5-7-15(23)9-14/h5-7,9-10,12,27H,3-4,8,11H2,1-2H3,(H,25,28). The number of phenolic OH excluding ortho intramolecular Hbond substituents is 1. The van der Waals surface area contributed by atoms with Gasteiger partial charge in [-0.1, -0.05) is 19.4 Å². The topological polar surface area (TPSA) is 71.3 Å². The molecule has 7 heteroatoms. The van der Waals surface area contributed by atoms with Crippen LogP contribution >= 0.6 is 0 Å². The van der Waals surface area contributed by atoms with Crippen LogP contribution in [0.3, 0.4) is 0 Å². The van der Waals surface area contributed by atoms with Gasteiger partial charge < -0.3 is 10.4 Å². The molecule has 0 saturated carbocycles. The van der Waals surface area contributed by atoms with E-state index < -0.39 is 23.3 Å². The Morgan fingerprint density at radius 2 is 1.93 bits per heavy atom. The number of hydrogen-bond donors (Lipinski definition) is 2. The number of aromatic hydroxyl groups is 1. The Kier molecular flexibility index (Phi) is 5.96. The summed E-state index contributed by atoms with van der Waals surface area (Å²) < 4.78 is 28.9. The third-order valence-electron chi connectivity index (χ3n) is 4.87. The minimum Gasteiger partial charge on any atom is -0.505 e. The van der Waals surface area contributed by atoms with E-state index in [2.05, 4.69) is 5.32 Å². The number of carbonyl (C=O) groups is 2. The highest BCUT2D eigenvalue weighted by Gasteiger charge is 2.23. The quantitative estimate of drug-likeness (QED) is 0.613. The first-order chi connectivity index (χ1) is 13.8. The van der Waals surface area contributed by atoms with Gasteiger partial charge in [0.05, 0.1) is 11.9 Å². The average Bonchev–Trinajstić information content (AvgIpc) is 2.93. The highest BCUT2D eigenvalue weighted by molar-refractivity contribution is 6.05. The third-order valence-corrected chi connectivity index (χ3v) is 4.87. The zero-order valence-corrected chi connectivity index (χ0v) is 16.3. The summed E-state index contributed by atoms with van der Waals surface area (Å²) in [5.74, 6) is -2.80. The number of nitrogens with zero attached hydrogens (tertiary/aromatic N) is 1. The molecule has 0 aliphatic rings. The van der Waals surface area contributed by atoms with Crippen LogP contribution in [0.25, 0.3) is 10.9 Å². The third kappa shape index (κ3) is 4.13. The van der Waals surface area contributed by atoms with Crippen LogP contribution < -0.4 is 5.32 Å². The SMILES string of the molecule is CCCCNC(=O)Cc1c(C)n(C(=O)c2cccc(F)c2)c2cc(F)c(O)cc12. The zero-order valence-electron chi connectivity index (χ0n) is 16.3. The van der Waals surface area contributed by atoms with Crippen LogP contribution in [0.15, 0.2) is 36.4 Å². The van der Waals surface area contributed by atoms with Crippen molar-refractivity contribution in [3.05, 3.63) is 64.9 Å². The van der Waals surface area contributed by atoms with Gasteiger partial charge in [0, 0.05) is 29.3 Å². The maximum absolute atomic E-state index is 14.1. The van der Waals surface area contributed by atoms with E-state index in [1.165, 1.54) is 28.8 Å². The van der Waals surface area contributed by atoms with Gasteiger partial charge >= 0.3 is 0 Å². The maximum Gasteiger partial charge on any atom is 0.262 e. The van der Waals surface area contributed by atoms with Crippen molar-refractivity contribution in [2.45, 2.75) is 33.1 Å². The van der Waals surface area contributed by atoms with Gasteiger partial charge in [-0.25, -0.2) is 8.78 Å². The number of benzene rings is 2. The molecule has 0 bridgehead atoms. The predicted molar refractivity (Wildman–Crippen MR) is 106 cm³/mol. The first kappa shape index (κ1) is 20.5. The van der Waals surface area contributed by atoms with Gasteiger partial charge in [0.1, 0.15) is 5.82 Å². The lowest BCUT2D eigenvalue weighted by Crippen LogP contribution is -2.26. The summed E-state index contributed by atoms with van der Waals surface area (Å²) in [6, 6.07) is 7.46. The van der Waals surface area contributed by atoms with Crippen LogP contribution in [0.5, 0.6) is 5.75 Å². The number of rotatable bonds is 6. The van der Waals surface area contributed by atoms with Crippen molar-refractivity contribution in [3.8, 4) is 5.75 Å². The van der Waals surface area contributed by atoms with Crippen LogP contribution in [0.1, 0.15) is 41.4 Å². The van der Waals surface area contributed by atoms with E-state index >= 15 is 0 Å². The average molecular weight is 400 g/mol. The molecule has 152 valence electrons. The minimum atomic E-state index is -0.887. The number of hydrogen-bond acceptors (Lipinski definition) is 3. The normalized spacial score (nSPS) is 11.0. The van der Waals surface area contributed by atoms with Crippen LogP contribution in [-0.2, 0) is 11.2 Å². The molecule has 0 atom stereocenters. The molecule has 0 saturated heterocycles. The largest absolute Gasteiger partial charge is 0.505 e. The van der Waals surface area contributed by atoms with Crippen molar-refractivity contribution in [1.29, 1.82) is 0 Å². The zero-order chi connectivity index (χ0) is 21.1. The summed E-state index contributed by atoms with van der Waals surface area (Å²) in [6.07, 6.45) is 1.75. The van der Waals surface area contributed by atoms with E-state index in [0.717, 1.165) is 25.0 Å². The molecule has 3 aromatic rings. The molecular formula is C22H22F2N2O3. The number of amides is 1. The van der Waals surface area contributed by atoms with Crippen molar-refractivity contribution < 1.29 is 23.5 Å². The van der Waals surface area contributed by atoms with Gasteiger partial charge in [-0.3, -0.25) is 14.2 Å². The fourth-order valence-electron chi connectivity index (χ4n) is 3.35. The fraction of sp³-hybridized carbons (Fsp3) is 0.273. The van der Waals surface area contributed by atoms with E-state index in [0.29, 0.717) is 23.2 Å². The molecule has 1 aromatic heterocycles. The highest BCUT2D eigenvalue weighted by Crippen LogP contribution is 2.32. The van der Waals surface area contributed by atoms with E-state index in [1.807, 2.05) is 6.92 Å². The molecule has 29 heavy (non-hydrogen) atoms. The maximum atomic E-state index is 14.1. The molecule has 3 rings (SSSR count). The van der Waals surface area contributed by atoms with Crippen LogP contribution in [0.2, 0.25) is 0 Å². The van der Waals surface area contributed by atoms with Crippen LogP contribution in [0.4, 0.5) is 8.78 Å². The first-order valence-electron chi connectivity index (χ1n) is 9.42. The van der Waals surface area contributed by atoms with Crippen molar-refractivity contribution >= 4 is 22.7 Å². The van der Waals surface area contributed by atoms with Gasteiger partial charge in [0.25, 0.3) is 5.91 Å². The van der Waals surface area contributed by atoms with Gasteiger partial charge in [-0.15, -0.1) is 0 Å². The highest BCUT2D eigenvalue weighted by atomic mass is 19.1. The summed E-state index contributed by atoms with van der Waals surface area (Å²) >= 11 is 0. The molecule has 0 spiro atoms. The van der Waals surface area contributed by atoms with E-state index in [1.54, 1.807) is 6.92 Å². The molecule has 2 aromatic carbocycles. The lowest BCUT2D eigenvalue weighted by atomic mass is 10.1. The molecule has 1 amide bonds. The van der Waals surface area contributed by atoms with E-state index in [-0.39, 0.29) is 23.4 Å². The molecule has 0 unspecified atom stereocenters. The van der Waals surface area contributed by atoms with Gasteiger partial charge in [-0.2, -0.15) is 0 Å². The summed E-state index contributed by atoms with van der Waals surface area (Å²) in [5.41, 5.74) is 1.25. The van der Waals surface area contributed by atoms with Crippen LogP contribution in [-0.4, -0.2) is 28.0 Å². The number of phenols is 1. The lowest BCUT2D eigenvalue weighted by Gasteiger charge is -2.08. The Morgan fingerprint density at radius 3 is 2.62 bits per heavy atom. The molecule has 5 nitrogen and oxygen atoms in total. The van der Waals surface area contributed by atoms with Crippen molar-refractivity contribution in [2.75, 3.05) is 6.54 Å². The Balaban J connectivity index is 2.10. The number of carbonyl (C=O) groups excluding carboxylic acids is 2. The number of nitrogens with one attached hydrogen (secondary N) is 1. The Morgan fingerprint density at radius 1 is 1.17 bits per heavy atom. The second kappa shape index (κ2) is 8.43. The van der Waals surface area contributed by atoms with Crippen molar-refractivity contribution in [1.82, 2.24) is 9.88 Å². The molecule has 2 N–H and O–H groups in total. The summed E-state index contributed by atoms with van der Waals surface area (Å²) in [7, 11) is 0. The number of aromatic nitrogens is 1. The van der Waals surface area contributed by atoms with Gasteiger partial charge in [0.15, 0.2) is 11.6 Å². The van der Waals surface area contributed by atoms with E-state index in [9.17, 15) is 23.5 Å². The van der Waals surface area contributed by atoms with Gasteiger partial charge in [-0.05, 0) is 43.2 Å². The predicted octanol–water partition coefficient (Wildman–Crippen LogP) is 4.08. The second-order valence-corrected chi connectivity index (χ2v) is 6.92. The van der Waals surface area contributed by atoms with Crippen molar-refractivity contribution in [3.63, 3.8) is 0 Å². The second-order valence-electron chi connectivity index (χ2n) is 6.92. The summed E-state index contributed by atoms with van der Waals surface area (Å²) in [5, 5.41) is 13.0. The molecule has 0 aliphatic carbocycles. The fourth-order valence-corrected chi connectivity index (χ4v) is 3.35. The summed E-state index contributed by atoms with van der Waals surface area (Å²) in [4.78, 5) is 25.4. The number of unbranched alkanes of at least 4 members (excludes halogenated alkanes) is 1. The van der Waals surface area contributed by atoms with E-state index in [4.69, 9.17) is 0 Å². The molecule has 1 heterocycles. The minimum absolute atomic E-state index is 0.0272. The Labute approximate surface area is 167 Å². The monoisotopic (exact) mass is 400 g/mol. The number of halogens is 2. The van der Waals surface area contributed by atoms with Crippen molar-refractivity contribution in [2.24, 2.45) is 0 Å². The smallest absolute Gasteiger partial charge is 0.262 e. The number of fused-ring (bicyclic) bond motifs is 1. The lowest BCUT2D eigenvalue weighted by molar-refractivity contribution is -0.120. The Hall–Kier alpha value is -3.22. The summed E-state index contributed by atoms with van der Waals surface area (Å²) in [6.45, 7) is 4.19. The van der Waals surface area contributed by atoms with Gasteiger partial charge in [0.2, 0.25) is 5.91 Å². The molecule has 0 radical (unpaired) electrons.